The minimum atomic E-state index is -2.33. The van der Waals surface area contributed by atoms with Crippen LogP contribution in [0.25, 0.3) is 0 Å². The Morgan fingerprint density at radius 1 is 1.24 bits per heavy atom. The molecule has 5 unspecified atom stereocenters. The number of aliphatic hydroxyl groups is 1. The Labute approximate surface area is 224 Å². The number of fused-ring (bicyclic) bond motifs is 5. The van der Waals surface area contributed by atoms with Crippen LogP contribution in [-0.4, -0.2) is 63.7 Å². The Bertz CT molecular complexity index is 1120. The zero-order chi connectivity index (χ0) is 27.9. The van der Waals surface area contributed by atoms with Gasteiger partial charge in [0.25, 0.3) is 0 Å². The van der Waals surface area contributed by atoms with Crippen LogP contribution in [0.1, 0.15) is 59.8 Å². The van der Waals surface area contributed by atoms with Crippen LogP contribution in [-0.2, 0) is 23.9 Å². The Hall–Kier alpha value is -1.65. The van der Waals surface area contributed by atoms with Crippen LogP contribution in [0.5, 0.6) is 0 Å². The lowest BCUT2D eigenvalue weighted by Gasteiger charge is -2.63. The number of esters is 1. The normalized spacial score (nSPS) is 49.6. The summed E-state index contributed by atoms with van der Waals surface area (Å²) in [5.41, 5.74) is -8.35. The molecular weight excluding hydrogens is 521 g/mol. The van der Waals surface area contributed by atoms with Gasteiger partial charge in [0.2, 0.25) is 5.12 Å². The Morgan fingerprint density at radius 3 is 2.58 bits per heavy atom. The van der Waals surface area contributed by atoms with E-state index in [1.807, 2.05) is 0 Å². The summed E-state index contributed by atoms with van der Waals surface area (Å²) in [5.74, 6) is -3.55. The number of hydrogen-bond acceptors (Lipinski definition) is 7. The molecule has 0 aromatic carbocycles. The lowest BCUT2D eigenvalue weighted by atomic mass is 9.44. The van der Waals surface area contributed by atoms with Gasteiger partial charge in [0.15, 0.2) is 22.7 Å². The first kappa shape index (κ1) is 27.9. The average Bonchev–Trinajstić information content (AvgIpc) is 3.39. The highest BCUT2D eigenvalue weighted by Crippen LogP contribution is 2.72. The summed E-state index contributed by atoms with van der Waals surface area (Å²) in [6.45, 7) is 6.83. The van der Waals surface area contributed by atoms with Crippen molar-refractivity contribution >= 4 is 28.6 Å². The van der Waals surface area contributed by atoms with Gasteiger partial charge in [-0.15, -0.1) is 0 Å². The second-order valence-electron chi connectivity index (χ2n) is 12.3. The van der Waals surface area contributed by atoms with Crippen molar-refractivity contribution < 1.29 is 42.1 Å². The number of allylic oxidation sites excluding steroid dienone is 4. The molecular formula is C28H35F3O6S. The number of halogens is 3. The van der Waals surface area contributed by atoms with Gasteiger partial charge in [-0.3, -0.25) is 9.59 Å². The lowest BCUT2D eigenvalue weighted by molar-refractivity contribution is -0.233. The smallest absolute Gasteiger partial charge is 0.339 e. The minimum absolute atomic E-state index is 0.00510. The Morgan fingerprint density at radius 2 is 1.95 bits per heavy atom. The zero-order valence-corrected chi connectivity index (χ0v) is 22.9. The molecule has 0 aromatic rings. The van der Waals surface area contributed by atoms with Gasteiger partial charge >= 0.3 is 5.97 Å². The van der Waals surface area contributed by atoms with Crippen LogP contribution < -0.4 is 0 Å². The predicted octanol–water partition coefficient (Wildman–Crippen LogP) is 4.59. The van der Waals surface area contributed by atoms with E-state index < -0.39 is 80.6 Å². The van der Waals surface area contributed by atoms with Crippen molar-refractivity contribution in [2.24, 2.45) is 28.6 Å². The molecule has 1 aliphatic heterocycles. The molecule has 38 heavy (non-hydrogen) atoms. The number of alkyl halides is 3. The number of carbonyl (C=O) groups is 3. The molecule has 4 fully saturated rings. The van der Waals surface area contributed by atoms with Crippen molar-refractivity contribution in [3.8, 4) is 0 Å². The number of rotatable bonds is 4. The maximum Gasteiger partial charge on any atom is 0.339 e. The van der Waals surface area contributed by atoms with Gasteiger partial charge in [-0.2, -0.15) is 0 Å². The summed E-state index contributed by atoms with van der Waals surface area (Å²) in [4.78, 5) is 39.3. The molecule has 0 bridgehead atoms. The molecule has 4 aliphatic carbocycles. The van der Waals surface area contributed by atoms with E-state index in [-0.39, 0.29) is 24.8 Å². The van der Waals surface area contributed by atoms with Gasteiger partial charge in [-0.05, 0) is 81.4 Å². The fourth-order valence-corrected chi connectivity index (χ4v) is 9.36. The molecule has 10 heteroatoms. The second-order valence-corrected chi connectivity index (χ2v) is 13.2. The summed E-state index contributed by atoms with van der Waals surface area (Å²) < 4.78 is 58.5. The van der Waals surface area contributed by atoms with Crippen LogP contribution in [0.15, 0.2) is 23.8 Å². The molecule has 0 aromatic heterocycles. The first-order valence-electron chi connectivity index (χ1n) is 13.3. The average molecular weight is 557 g/mol. The highest BCUT2D eigenvalue weighted by atomic mass is 32.2. The maximum absolute atomic E-state index is 17.4. The summed E-state index contributed by atoms with van der Waals surface area (Å²) in [5, 5.41) is 10.9. The van der Waals surface area contributed by atoms with E-state index in [0.717, 1.165) is 6.08 Å². The van der Waals surface area contributed by atoms with Crippen LogP contribution >= 0.6 is 11.8 Å². The summed E-state index contributed by atoms with van der Waals surface area (Å²) in [6.07, 6.45) is 1.05. The van der Waals surface area contributed by atoms with Gasteiger partial charge in [0, 0.05) is 29.3 Å². The monoisotopic (exact) mass is 556 g/mol. The Balaban J connectivity index is 1.62. The summed E-state index contributed by atoms with van der Waals surface area (Å²) in [7, 11) is 0. The van der Waals surface area contributed by atoms with Crippen molar-refractivity contribution in [3.63, 3.8) is 0 Å². The lowest BCUT2D eigenvalue weighted by Crippen LogP contribution is -2.71. The number of ether oxygens (including phenoxy) is 2. The molecule has 3 saturated carbocycles. The molecule has 10 atom stereocenters. The molecule has 1 N–H and O–H groups in total. The third kappa shape index (κ3) is 3.38. The summed E-state index contributed by atoms with van der Waals surface area (Å²) in [6, 6.07) is -1.05. The number of hydrogen-bond donors (Lipinski definition) is 1. The van der Waals surface area contributed by atoms with Gasteiger partial charge in [-0.25, -0.2) is 18.0 Å². The van der Waals surface area contributed by atoms with Crippen molar-refractivity contribution in [3.05, 3.63) is 23.8 Å². The first-order valence-corrected chi connectivity index (χ1v) is 14.3. The van der Waals surface area contributed by atoms with Crippen LogP contribution in [0.4, 0.5) is 13.2 Å². The molecule has 0 spiro atoms. The SMILES string of the molecule is CC1C[C@H]2[C@@H]3CC(F)C4=CC(=O)C=C[C@]4(C)C3(F)C(O)C[C@]2(C)C1(OC(=O)[C@]1(C)CCCO1)C(=O)SCF. The van der Waals surface area contributed by atoms with Crippen molar-refractivity contribution in [1.82, 2.24) is 0 Å². The third-order valence-corrected chi connectivity index (χ3v) is 11.2. The number of ketones is 1. The number of aliphatic hydroxyl groups excluding tert-OH is 1. The van der Waals surface area contributed by atoms with Crippen LogP contribution in [0.3, 0.4) is 0 Å². The van der Waals surface area contributed by atoms with E-state index >= 15 is 8.78 Å². The van der Waals surface area contributed by atoms with Crippen molar-refractivity contribution in [1.29, 1.82) is 0 Å². The molecule has 5 aliphatic rings. The van der Waals surface area contributed by atoms with Crippen LogP contribution in [0.2, 0.25) is 0 Å². The molecule has 1 saturated heterocycles. The topological polar surface area (TPSA) is 89.9 Å². The van der Waals surface area contributed by atoms with E-state index in [1.54, 1.807) is 20.8 Å². The van der Waals surface area contributed by atoms with E-state index in [9.17, 15) is 23.9 Å². The first-order chi connectivity index (χ1) is 17.7. The van der Waals surface area contributed by atoms with Gasteiger partial charge in [0.05, 0.1) is 6.10 Å². The van der Waals surface area contributed by atoms with Crippen molar-refractivity contribution in [2.75, 3.05) is 12.6 Å². The number of thioether (sulfide) groups is 1. The second kappa shape index (κ2) is 8.93. The molecule has 210 valence electrons. The molecule has 1 heterocycles. The highest BCUT2D eigenvalue weighted by Gasteiger charge is 2.78. The van der Waals surface area contributed by atoms with E-state index in [1.165, 1.54) is 19.1 Å². The van der Waals surface area contributed by atoms with Crippen LogP contribution in [0, 0.1) is 28.6 Å². The summed E-state index contributed by atoms with van der Waals surface area (Å²) >= 11 is 0.386. The van der Waals surface area contributed by atoms with Gasteiger partial charge in [-0.1, -0.05) is 19.9 Å². The largest absolute Gasteiger partial charge is 0.447 e. The minimum Gasteiger partial charge on any atom is -0.447 e. The fraction of sp³-hybridized carbons (Fsp3) is 0.750. The predicted molar refractivity (Wildman–Crippen MR) is 134 cm³/mol. The molecule has 0 radical (unpaired) electrons. The van der Waals surface area contributed by atoms with E-state index in [0.29, 0.717) is 31.2 Å². The Kier molecular flexibility index (Phi) is 6.56. The molecule has 0 amide bonds. The van der Waals surface area contributed by atoms with E-state index in [4.69, 9.17) is 9.47 Å². The highest BCUT2D eigenvalue weighted by molar-refractivity contribution is 8.13. The molecule has 5 rings (SSSR count). The molecule has 6 nitrogen and oxygen atoms in total. The standard InChI is InChI=1S/C28H35F3O6S/c1-15-10-17-18-12-20(30)19-11-16(32)6-8-24(19,2)27(18,31)21(33)13-25(17,3)28(15,23(35)38-14-29)37-22(34)26(4)7-5-9-36-26/h6,8,11,15,17-18,20-21,33H,5,7,9-10,12-14H2,1-4H3/t15?,17-,18-,20?,21?,24-,25-,26-,27?,28?/m0/s1. The fourth-order valence-electron chi connectivity index (χ4n) is 8.57. The zero-order valence-electron chi connectivity index (χ0n) is 22.1. The van der Waals surface area contributed by atoms with Gasteiger partial charge in [0.1, 0.15) is 12.2 Å². The maximum atomic E-state index is 17.4. The van der Waals surface area contributed by atoms with Gasteiger partial charge < -0.3 is 14.6 Å². The number of carbonyl (C=O) groups excluding carboxylic acids is 3. The quantitative estimate of drug-likeness (QED) is 0.507. The van der Waals surface area contributed by atoms with E-state index in [2.05, 4.69) is 0 Å². The third-order valence-electron chi connectivity index (χ3n) is 10.6. The van der Waals surface area contributed by atoms with Crippen molar-refractivity contribution in [2.45, 2.75) is 88.9 Å².